The van der Waals surface area contributed by atoms with Crippen LogP contribution < -0.4 is 5.32 Å². The number of hydrogen-bond donors (Lipinski definition) is 2. The summed E-state index contributed by atoms with van der Waals surface area (Å²) in [5.41, 5.74) is 0. The Morgan fingerprint density at radius 2 is 2.31 bits per heavy atom. The molecule has 0 bridgehead atoms. The standard InChI is InChI=1S/C10H21NO2/c1-13-8-10(5-7-12)11-6-4-9-2-3-9/h9-12H,2-8H2,1H3. The first-order valence-electron chi connectivity index (χ1n) is 5.20. The van der Waals surface area contributed by atoms with E-state index in [-0.39, 0.29) is 6.61 Å². The van der Waals surface area contributed by atoms with E-state index in [1.54, 1.807) is 7.11 Å². The van der Waals surface area contributed by atoms with Crippen molar-refractivity contribution < 1.29 is 9.84 Å². The molecule has 0 heterocycles. The monoisotopic (exact) mass is 187 g/mol. The Labute approximate surface area is 80.5 Å². The zero-order valence-corrected chi connectivity index (χ0v) is 8.46. The molecule has 1 unspecified atom stereocenters. The van der Waals surface area contributed by atoms with Gasteiger partial charge in [0.1, 0.15) is 0 Å². The number of aliphatic hydroxyl groups excluding tert-OH is 1. The molecule has 2 N–H and O–H groups in total. The van der Waals surface area contributed by atoms with Crippen LogP contribution in [-0.2, 0) is 4.74 Å². The van der Waals surface area contributed by atoms with Crippen LogP contribution in [-0.4, -0.2) is 38.0 Å². The van der Waals surface area contributed by atoms with Gasteiger partial charge in [-0.25, -0.2) is 0 Å². The lowest BCUT2D eigenvalue weighted by atomic mass is 10.2. The Balaban J connectivity index is 1.98. The summed E-state index contributed by atoms with van der Waals surface area (Å²) < 4.78 is 5.06. The smallest absolute Gasteiger partial charge is 0.0616 e. The average Bonchev–Trinajstić information content (AvgIpc) is 2.89. The molecule has 13 heavy (non-hydrogen) atoms. The van der Waals surface area contributed by atoms with Gasteiger partial charge < -0.3 is 15.2 Å². The minimum absolute atomic E-state index is 0.241. The second kappa shape index (κ2) is 6.35. The molecule has 1 aliphatic carbocycles. The maximum atomic E-state index is 8.79. The van der Waals surface area contributed by atoms with E-state index in [1.807, 2.05) is 0 Å². The Morgan fingerprint density at radius 3 is 2.85 bits per heavy atom. The van der Waals surface area contributed by atoms with Gasteiger partial charge in [-0.05, 0) is 25.3 Å². The van der Waals surface area contributed by atoms with Gasteiger partial charge in [-0.15, -0.1) is 0 Å². The van der Waals surface area contributed by atoms with Crippen molar-refractivity contribution in [2.24, 2.45) is 5.92 Å². The normalized spacial score (nSPS) is 18.9. The molecule has 0 amide bonds. The van der Waals surface area contributed by atoms with E-state index in [0.29, 0.717) is 12.6 Å². The van der Waals surface area contributed by atoms with Crippen molar-refractivity contribution >= 4 is 0 Å². The maximum Gasteiger partial charge on any atom is 0.0616 e. The number of ether oxygens (including phenoxy) is 1. The molecule has 0 saturated heterocycles. The van der Waals surface area contributed by atoms with Gasteiger partial charge in [0.15, 0.2) is 0 Å². The lowest BCUT2D eigenvalue weighted by Gasteiger charge is -2.16. The van der Waals surface area contributed by atoms with Crippen LogP contribution in [0.2, 0.25) is 0 Å². The van der Waals surface area contributed by atoms with Gasteiger partial charge in [0.05, 0.1) is 6.61 Å². The summed E-state index contributed by atoms with van der Waals surface area (Å²) in [5.74, 6) is 0.977. The molecule has 0 spiro atoms. The lowest BCUT2D eigenvalue weighted by molar-refractivity contribution is 0.148. The molecule has 0 radical (unpaired) electrons. The Kier molecular flexibility index (Phi) is 5.35. The summed E-state index contributed by atoms with van der Waals surface area (Å²) in [6, 6.07) is 0.328. The van der Waals surface area contributed by atoms with E-state index in [1.165, 1.54) is 19.3 Å². The van der Waals surface area contributed by atoms with E-state index in [0.717, 1.165) is 18.9 Å². The number of aliphatic hydroxyl groups is 1. The van der Waals surface area contributed by atoms with Crippen LogP contribution in [0, 0.1) is 5.92 Å². The molecule has 1 aliphatic rings. The Hall–Kier alpha value is -0.120. The number of nitrogens with one attached hydrogen (secondary N) is 1. The zero-order valence-electron chi connectivity index (χ0n) is 8.46. The average molecular weight is 187 g/mol. The third-order valence-electron chi connectivity index (χ3n) is 2.53. The third kappa shape index (κ3) is 5.24. The van der Waals surface area contributed by atoms with E-state index in [9.17, 15) is 0 Å². The highest BCUT2D eigenvalue weighted by molar-refractivity contribution is 4.75. The molecular weight excluding hydrogens is 166 g/mol. The molecule has 0 aromatic rings. The molecule has 3 nitrogen and oxygen atoms in total. The number of rotatable bonds is 8. The van der Waals surface area contributed by atoms with Crippen molar-refractivity contribution in [3.8, 4) is 0 Å². The summed E-state index contributed by atoms with van der Waals surface area (Å²) in [7, 11) is 1.70. The topological polar surface area (TPSA) is 41.5 Å². The molecule has 1 saturated carbocycles. The quantitative estimate of drug-likeness (QED) is 0.590. The fraction of sp³-hybridized carbons (Fsp3) is 1.00. The molecular formula is C10H21NO2. The van der Waals surface area contributed by atoms with E-state index in [2.05, 4.69) is 5.32 Å². The highest BCUT2D eigenvalue weighted by Crippen LogP contribution is 2.31. The van der Waals surface area contributed by atoms with E-state index >= 15 is 0 Å². The van der Waals surface area contributed by atoms with Crippen molar-refractivity contribution in [3.05, 3.63) is 0 Å². The minimum Gasteiger partial charge on any atom is -0.396 e. The molecule has 0 aromatic heterocycles. The third-order valence-corrected chi connectivity index (χ3v) is 2.53. The summed E-state index contributed by atoms with van der Waals surface area (Å²) in [6.45, 7) is 2.01. The van der Waals surface area contributed by atoms with Gasteiger partial charge in [0, 0.05) is 19.8 Å². The highest BCUT2D eigenvalue weighted by atomic mass is 16.5. The highest BCUT2D eigenvalue weighted by Gasteiger charge is 2.20. The summed E-state index contributed by atoms with van der Waals surface area (Å²) >= 11 is 0. The molecule has 0 aliphatic heterocycles. The lowest BCUT2D eigenvalue weighted by Crippen LogP contribution is -2.34. The first-order chi connectivity index (χ1) is 6.36. The first kappa shape index (κ1) is 11.0. The SMILES string of the molecule is COCC(CCO)NCCC1CC1. The molecule has 1 atom stereocenters. The van der Waals surface area contributed by atoms with Crippen LogP contribution in [0.3, 0.4) is 0 Å². The molecule has 1 rings (SSSR count). The van der Waals surface area contributed by atoms with Crippen LogP contribution >= 0.6 is 0 Å². The Morgan fingerprint density at radius 1 is 1.54 bits per heavy atom. The molecule has 3 heteroatoms. The fourth-order valence-corrected chi connectivity index (χ4v) is 1.50. The summed E-state index contributed by atoms with van der Waals surface area (Å²) in [4.78, 5) is 0. The van der Waals surface area contributed by atoms with Gasteiger partial charge in [-0.1, -0.05) is 12.8 Å². The second-order valence-corrected chi connectivity index (χ2v) is 3.85. The van der Waals surface area contributed by atoms with Crippen molar-refractivity contribution in [2.45, 2.75) is 31.7 Å². The van der Waals surface area contributed by atoms with E-state index < -0.39 is 0 Å². The maximum absolute atomic E-state index is 8.79. The van der Waals surface area contributed by atoms with Crippen molar-refractivity contribution in [2.75, 3.05) is 26.9 Å². The van der Waals surface area contributed by atoms with E-state index in [4.69, 9.17) is 9.84 Å². The Bertz CT molecular complexity index is 120. The van der Waals surface area contributed by atoms with Crippen LogP contribution in [0.5, 0.6) is 0 Å². The van der Waals surface area contributed by atoms with Crippen LogP contribution in [0.25, 0.3) is 0 Å². The summed E-state index contributed by atoms with van der Waals surface area (Å²) in [6.07, 6.45) is 4.90. The van der Waals surface area contributed by atoms with Gasteiger partial charge in [-0.2, -0.15) is 0 Å². The zero-order chi connectivity index (χ0) is 9.52. The summed E-state index contributed by atoms with van der Waals surface area (Å²) in [5, 5.41) is 12.2. The molecule has 0 aromatic carbocycles. The number of methoxy groups -OCH3 is 1. The van der Waals surface area contributed by atoms with Crippen molar-refractivity contribution in [1.29, 1.82) is 0 Å². The predicted molar refractivity (Wildman–Crippen MR) is 52.7 cm³/mol. The molecule has 78 valence electrons. The largest absolute Gasteiger partial charge is 0.396 e. The predicted octanol–water partition coefficient (Wildman–Crippen LogP) is 0.773. The number of hydrogen-bond acceptors (Lipinski definition) is 3. The second-order valence-electron chi connectivity index (χ2n) is 3.85. The van der Waals surface area contributed by atoms with Crippen LogP contribution in [0.1, 0.15) is 25.7 Å². The van der Waals surface area contributed by atoms with Crippen molar-refractivity contribution in [3.63, 3.8) is 0 Å². The van der Waals surface area contributed by atoms with Gasteiger partial charge >= 0.3 is 0 Å². The minimum atomic E-state index is 0.241. The van der Waals surface area contributed by atoms with Gasteiger partial charge in [0.25, 0.3) is 0 Å². The first-order valence-corrected chi connectivity index (χ1v) is 5.20. The van der Waals surface area contributed by atoms with Gasteiger partial charge in [-0.3, -0.25) is 0 Å². The van der Waals surface area contributed by atoms with Gasteiger partial charge in [0.2, 0.25) is 0 Å². The van der Waals surface area contributed by atoms with Crippen molar-refractivity contribution in [1.82, 2.24) is 5.32 Å². The fourth-order valence-electron chi connectivity index (χ4n) is 1.50. The molecule has 1 fully saturated rings. The van der Waals surface area contributed by atoms with Crippen LogP contribution in [0.4, 0.5) is 0 Å². The van der Waals surface area contributed by atoms with Crippen LogP contribution in [0.15, 0.2) is 0 Å².